The minimum absolute atomic E-state index is 0.00273. The van der Waals surface area contributed by atoms with Crippen LogP contribution in [0.4, 0.5) is 26.3 Å². The van der Waals surface area contributed by atoms with Crippen LogP contribution in [0.3, 0.4) is 0 Å². The molecule has 130 valence electrons. The van der Waals surface area contributed by atoms with Gasteiger partial charge in [-0.05, 0) is 42.0 Å². The van der Waals surface area contributed by atoms with Gasteiger partial charge in [0, 0.05) is 18.6 Å². The van der Waals surface area contributed by atoms with E-state index >= 15 is 0 Å². The van der Waals surface area contributed by atoms with Gasteiger partial charge in [0.1, 0.15) is 5.69 Å². The Morgan fingerprint density at radius 1 is 0.917 bits per heavy atom. The molecule has 2 heterocycles. The van der Waals surface area contributed by atoms with Crippen molar-refractivity contribution >= 4 is 0 Å². The molecule has 8 heteroatoms. The number of alkyl halides is 6. The first kappa shape index (κ1) is 18.2. The Hall–Kier alpha value is -2.12. The molecular formula is C16H14F6N2. The van der Waals surface area contributed by atoms with Gasteiger partial charge in [-0.1, -0.05) is 13.0 Å². The summed E-state index contributed by atoms with van der Waals surface area (Å²) in [5.74, 6) is 0. The van der Waals surface area contributed by atoms with Gasteiger partial charge in [0.05, 0.1) is 5.56 Å². The average molecular weight is 348 g/mol. The van der Waals surface area contributed by atoms with Gasteiger partial charge in [-0.15, -0.1) is 0 Å². The maximum absolute atomic E-state index is 12.9. The van der Waals surface area contributed by atoms with Crippen molar-refractivity contribution in [3.8, 4) is 0 Å². The lowest BCUT2D eigenvalue weighted by atomic mass is 10.00. The third-order valence-electron chi connectivity index (χ3n) is 3.56. The van der Waals surface area contributed by atoms with Crippen molar-refractivity contribution < 1.29 is 26.3 Å². The molecule has 0 saturated heterocycles. The van der Waals surface area contributed by atoms with Gasteiger partial charge < -0.3 is 0 Å². The van der Waals surface area contributed by atoms with Crippen LogP contribution in [0, 0.1) is 0 Å². The number of aromatic nitrogens is 2. The molecule has 0 aliphatic heterocycles. The van der Waals surface area contributed by atoms with Crippen molar-refractivity contribution in [1.29, 1.82) is 0 Å². The van der Waals surface area contributed by atoms with E-state index in [0.717, 1.165) is 24.7 Å². The molecule has 0 aliphatic carbocycles. The zero-order valence-corrected chi connectivity index (χ0v) is 12.7. The first-order valence-electron chi connectivity index (χ1n) is 7.18. The van der Waals surface area contributed by atoms with E-state index in [2.05, 4.69) is 9.97 Å². The molecule has 2 rings (SSSR count). The van der Waals surface area contributed by atoms with Gasteiger partial charge in [-0.2, -0.15) is 26.3 Å². The zero-order chi connectivity index (χ0) is 18.0. The van der Waals surface area contributed by atoms with Crippen LogP contribution in [0.1, 0.15) is 34.9 Å². The molecule has 2 aromatic heterocycles. The number of pyridine rings is 2. The second-order valence-electron chi connectivity index (χ2n) is 5.23. The second-order valence-corrected chi connectivity index (χ2v) is 5.23. The average Bonchev–Trinajstić information content (AvgIpc) is 2.51. The standard InChI is InChI=1S/C16H14F6N2/c1-2-11-7-10(8-24-14(11)16(20,21)22)3-4-12-9-23-6-5-13(12)15(17,18)19/h5-9H,2-4H2,1H3. The number of nitrogens with zero attached hydrogens (tertiary/aromatic N) is 2. The van der Waals surface area contributed by atoms with Gasteiger partial charge in [0.2, 0.25) is 0 Å². The quantitative estimate of drug-likeness (QED) is 0.738. The fraction of sp³-hybridized carbons (Fsp3) is 0.375. The number of halogens is 6. The fourth-order valence-corrected chi connectivity index (χ4v) is 2.40. The molecule has 0 unspecified atom stereocenters. The Morgan fingerprint density at radius 2 is 1.62 bits per heavy atom. The second kappa shape index (κ2) is 6.78. The molecule has 2 nitrogen and oxygen atoms in total. The smallest absolute Gasteiger partial charge is 0.264 e. The van der Waals surface area contributed by atoms with Crippen LogP contribution in [0.2, 0.25) is 0 Å². The maximum Gasteiger partial charge on any atom is 0.433 e. The number of hydrogen-bond donors (Lipinski definition) is 0. The summed E-state index contributed by atoms with van der Waals surface area (Å²) in [6, 6.07) is 2.23. The number of rotatable bonds is 4. The van der Waals surface area contributed by atoms with Crippen molar-refractivity contribution in [3.05, 3.63) is 58.7 Å². The van der Waals surface area contributed by atoms with E-state index in [1.54, 1.807) is 6.92 Å². The summed E-state index contributed by atoms with van der Waals surface area (Å²) < 4.78 is 77.2. The summed E-state index contributed by atoms with van der Waals surface area (Å²) in [5, 5.41) is 0. The molecule has 0 aromatic carbocycles. The van der Waals surface area contributed by atoms with E-state index in [1.165, 1.54) is 6.07 Å². The third kappa shape index (κ3) is 4.24. The van der Waals surface area contributed by atoms with Gasteiger partial charge in [-0.25, -0.2) is 0 Å². The molecule has 24 heavy (non-hydrogen) atoms. The lowest BCUT2D eigenvalue weighted by Crippen LogP contribution is -2.13. The lowest BCUT2D eigenvalue weighted by Gasteiger charge is -2.14. The van der Waals surface area contributed by atoms with Crippen LogP contribution in [0.5, 0.6) is 0 Å². The van der Waals surface area contributed by atoms with E-state index in [1.807, 2.05) is 0 Å². The largest absolute Gasteiger partial charge is 0.433 e. The van der Waals surface area contributed by atoms with Crippen molar-refractivity contribution in [2.24, 2.45) is 0 Å². The predicted molar refractivity (Wildman–Crippen MR) is 75.3 cm³/mol. The topological polar surface area (TPSA) is 25.8 Å². The molecule has 0 radical (unpaired) electrons. The van der Waals surface area contributed by atoms with Gasteiger partial charge >= 0.3 is 12.4 Å². The molecule has 0 saturated carbocycles. The van der Waals surface area contributed by atoms with Crippen molar-refractivity contribution in [3.63, 3.8) is 0 Å². The lowest BCUT2D eigenvalue weighted by molar-refractivity contribution is -0.142. The molecule has 0 spiro atoms. The minimum atomic E-state index is -4.54. The molecule has 0 amide bonds. The molecule has 0 bridgehead atoms. The van der Waals surface area contributed by atoms with E-state index < -0.39 is 23.6 Å². The Bertz CT molecular complexity index is 706. The number of aryl methyl sites for hydroxylation is 3. The SMILES string of the molecule is CCc1cc(CCc2cnccc2C(F)(F)F)cnc1C(F)(F)F. The highest BCUT2D eigenvalue weighted by Crippen LogP contribution is 2.33. The Kier molecular flexibility index (Phi) is 5.15. The Labute approximate surface area is 134 Å². The van der Waals surface area contributed by atoms with Crippen LogP contribution in [-0.4, -0.2) is 9.97 Å². The predicted octanol–water partition coefficient (Wildman–Crippen LogP) is 4.86. The summed E-state index contributed by atoms with van der Waals surface area (Å²) >= 11 is 0. The number of hydrogen-bond acceptors (Lipinski definition) is 2. The van der Waals surface area contributed by atoms with Crippen LogP contribution >= 0.6 is 0 Å². The Balaban J connectivity index is 2.22. The molecular weight excluding hydrogens is 334 g/mol. The third-order valence-corrected chi connectivity index (χ3v) is 3.56. The van der Waals surface area contributed by atoms with Crippen LogP contribution in [0.25, 0.3) is 0 Å². The summed E-state index contributed by atoms with van der Waals surface area (Å²) in [5.41, 5.74) is -1.25. The van der Waals surface area contributed by atoms with Gasteiger partial charge in [0.15, 0.2) is 0 Å². The van der Waals surface area contributed by atoms with Crippen molar-refractivity contribution in [2.45, 2.75) is 38.5 Å². The summed E-state index contributed by atoms with van der Waals surface area (Å²) in [6.45, 7) is 1.57. The molecule has 0 fully saturated rings. The fourth-order valence-electron chi connectivity index (χ4n) is 2.40. The van der Waals surface area contributed by atoms with E-state index in [9.17, 15) is 26.3 Å². The van der Waals surface area contributed by atoms with E-state index in [-0.39, 0.29) is 30.4 Å². The summed E-state index contributed by atoms with van der Waals surface area (Å²) in [7, 11) is 0. The first-order valence-corrected chi connectivity index (χ1v) is 7.18. The Morgan fingerprint density at radius 3 is 2.21 bits per heavy atom. The minimum Gasteiger partial charge on any atom is -0.264 e. The molecule has 0 N–H and O–H groups in total. The maximum atomic E-state index is 12.9. The monoisotopic (exact) mass is 348 g/mol. The van der Waals surface area contributed by atoms with E-state index in [4.69, 9.17) is 0 Å². The van der Waals surface area contributed by atoms with Gasteiger partial charge in [0.25, 0.3) is 0 Å². The first-order chi connectivity index (χ1) is 11.1. The highest BCUT2D eigenvalue weighted by atomic mass is 19.4. The summed E-state index contributed by atoms with van der Waals surface area (Å²) in [4.78, 5) is 7.13. The highest BCUT2D eigenvalue weighted by Gasteiger charge is 2.35. The normalized spacial score (nSPS) is 12.5. The summed E-state index contributed by atoms with van der Waals surface area (Å²) in [6.07, 6.45) is -5.50. The zero-order valence-electron chi connectivity index (χ0n) is 12.7. The van der Waals surface area contributed by atoms with Crippen LogP contribution in [0.15, 0.2) is 30.7 Å². The van der Waals surface area contributed by atoms with E-state index in [0.29, 0.717) is 5.56 Å². The van der Waals surface area contributed by atoms with Crippen molar-refractivity contribution in [1.82, 2.24) is 9.97 Å². The highest BCUT2D eigenvalue weighted by molar-refractivity contribution is 5.30. The van der Waals surface area contributed by atoms with Crippen molar-refractivity contribution in [2.75, 3.05) is 0 Å². The molecule has 0 aliphatic rings. The van der Waals surface area contributed by atoms with Gasteiger partial charge in [-0.3, -0.25) is 9.97 Å². The molecule has 2 aromatic rings. The van der Waals surface area contributed by atoms with Crippen LogP contribution < -0.4 is 0 Å². The van der Waals surface area contributed by atoms with Crippen LogP contribution in [-0.2, 0) is 31.6 Å². The molecule has 0 atom stereocenters.